The van der Waals surface area contributed by atoms with Gasteiger partial charge < -0.3 is 10.4 Å². The number of nitrogens with one attached hydrogen (secondary N) is 1. The van der Waals surface area contributed by atoms with Crippen LogP contribution in [0.1, 0.15) is 33.3 Å². The summed E-state index contributed by atoms with van der Waals surface area (Å²) in [5.74, 6) is 1.29. The summed E-state index contributed by atoms with van der Waals surface area (Å²) in [7, 11) is 0. The van der Waals surface area contributed by atoms with E-state index < -0.39 is 0 Å². The van der Waals surface area contributed by atoms with Crippen molar-refractivity contribution in [2.45, 2.75) is 44.7 Å². The van der Waals surface area contributed by atoms with E-state index in [1.54, 1.807) is 11.8 Å². The van der Waals surface area contributed by atoms with Crippen molar-refractivity contribution in [3.63, 3.8) is 0 Å². The molecule has 108 valence electrons. The minimum Gasteiger partial charge on any atom is -0.396 e. The zero-order chi connectivity index (χ0) is 14.5. The van der Waals surface area contributed by atoms with Crippen LogP contribution in [0.5, 0.6) is 0 Å². The molecule has 1 aromatic rings. The Balaban J connectivity index is 2.59. The summed E-state index contributed by atoms with van der Waals surface area (Å²) in [6.07, 6.45) is 0. The van der Waals surface area contributed by atoms with Crippen LogP contribution in [0.25, 0.3) is 0 Å². The van der Waals surface area contributed by atoms with Gasteiger partial charge in [-0.25, -0.2) is 0 Å². The first kappa shape index (κ1) is 17.0. The minimum atomic E-state index is 0.128. The van der Waals surface area contributed by atoms with Gasteiger partial charge in [-0.1, -0.05) is 28.9 Å². The molecule has 1 unspecified atom stereocenters. The van der Waals surface area contributed by atoms with Crippen molar-refractivity contribution in [3.8, 4) is 0 Å². The van der Waals surface area contributed by atoms with E-state index in [2.05, 4.69) is 67.1 Å². The van der Waals surface area contributed by atoms with Gasteiger partial charge in [0.15, 0.2) is 0 Å². The van der Waals surface area contributed by atoms with Crippen LogP contribution in [0.4, 0.5) is 0 Å². The molecule has 0 aliphatic heterocycles. The highest BCUT2D eigenvalue weighted by atomic mass is 79.9. The van der Waals surface area contributed by atoms with Crippen molar-refractivity contribution in [2.24, 2.45) is 5.92 Å². The van der Waals surface area contributed by atoms with Gasteiger partial charge in [-0.05, 0) is 44.4 Å². The number of thioether (sulfide) groups is 1. The molecule has 2 N–H and O–H groups in total. The highest BCUT2D eigenvalue weighted by Gasteiger charge is 2.10. The Hall–Kier alpha value is -0.0300. The Bertz CT molecular complexity index is 404. The molecule has 0 saturated heterocycles. The Morgan fingerprint density at radius 1 is 1.37 bits per heavy atom. The molecule has 0 aliphatic carbocycles. The highest BCUT2D eigenvalue weighted by molar-refractivity contribution is 9.10. The summed E-state index contributed by atoms with van der Waals surface area (Å²) in [4.78, 5) is 1.24. The molecular formula is C15H24BrNOS. The monoisotopic (exact) mass is 345 g/mol. The van der Waals surface area contributed by atoms with Gasteiger partial charge in [0.05, 0.1) is 0 Å². The van der Waals surface area contributed by atoms with Crippen molar-refractivity contribution in [1.82, 2.24) is 5.32 Å². The van der Waals surface area contributed by atoms with Crippen molar-refractivity contribution in [2.75, 3.05) is 12.4 Å². The fourth-order valence-corrected chi connectivity index (χ4v) is 3.03. The molecule has 0 aromatic heterocycles. The van der Waals surface area contributed by atoms with Gasteiger partial charge in [-0.15, -0.1) is 11.8 Å². The minimum absolute atomic E-state index is 0.128. The van der Waals surface area contributed by atoms with Gasteiger partial charge in [-0.2, -0.15) is 0 Å². The summed E-state index contributed by atoms with van der Waals surface area (Å²) in [6, 6.07) is 6.47. The molecule has 1 aromatic carbocycles. The number of aliphatic hydroxyl groups excluding tert-OH is 1. The smallest absolute Gasteiger partial charge is 0.0464 e. The Morgan fingerprint density at radius 2 is 2.05 bits per heavy atom. The van der Waals surface area contributed by atoms with Gasteiger partial charge in [-0.3, -0.25) is 0 Å². The molecule has 0 saturated carbocycles. The maximum atomic E-state index is 9.03. The number of halogens is 1. The number of aliphatic hydroxyl groups is 1. The predicted octanol–water partition coefficient (Wildman–Crippen LogP) is 4.06. The largest absolute Gasteiger partial charge is 0.396 e. The lowest BCUT2D eigenvalue weighted by Gasteiger charge is -2.21. The second kappa shape index (κ2) is 7.67. The third-order valence-corrected chi connectivity index (χ3v) is 4.74. The van der Waals surface area contributed by atoms with Crippen molar-refractivity contribution < 1.29 is 5.11 Å². The molecule has 0 amide bonds. The van der Waals surface area contributed by atoms with E-state index in [-0.39, 0.29) is 12.1 Å². The van der Waals surface area contributed by atoms with E-state index >= 15 is 0 Å². The second-order valence-corrected chi connectivity index (χ2v) is 7.90. The molecule has 2 nitrogen and oxygen atoms in total. The predicted molar refractivity (Wildman–Crippen MR) is 87.7 cm³/mol. The van der Waals surface area contributed by atoms with Crippen LogP contribution in [-0.2, 0) is 6.54 Å². The van der Waals surface area contributed by atoms with Gasteiger partial charge in [0, 0.05) is 33.8 Å². The van der Waals surface area contributed by atoms with Gasteiger partial charge >= 0.3 is 0 Å². The molecule has 0 fully saturated rings. The fourth-order valence-electron chi connectivity index (χ4n) is 1.41. The maximum Gasteiger partial charge on any atom is 0.0464 e. The fraction of sp³-hybridized carbons (Fsp3) is 0.600. The van der Waals surface area contributed by atoms with Crippen LogP contribution in [0.3, 0.4) is 0 Å². The lowest BCUT2D eigenvalue weighted by atomic mass is 10.1. The summed E-state index contributed by atoms with van der Waals surface area (Å²) < 4.78 is 1.14. The SMILES string of the molecule is CC(CO)CSc1ccc(CNC(C)(C)C)c(Br)c1. The average Bonchev–Trinajstić information content (AvgIpc) is 2.33. The van der Waals surface area contributed by atoms with Gasteiger partial charge in [0.1, 0.15) is 0 Å². The van der Waals surface area contributed by atoms with E-state index in [1.165, 1.54) is 10.5 Å². The molecule has 4 heteroatoms. The van der Waals surface area contributed by atoms with Crippen LogP contribution < -0.4 is 5.32 Å². The Morgan fingerprint density at radius 3 is 2.58 bits per heavy atom. The Labute approximate surface area is 129 Å². The molecule has 19 heavy (non-hydrogen) atoms. The van der Waals surface area contributed by atoms with Crippen LogP contribution >= 0.6 is 27.7 Å². The van der Waals surface area contributed by atoms with Crippen LogP contribution in [-0.4, -0.2) is 23.0 Å². The normalized spacial score (nSPS) is 13.6. The number of benzene rings is 1. The lowest BCUT2D eigenvalue weighted by Crippen LogP contribution is -2.35. The third-order valence-electron chi connectivity index (χ3n) is 2.68. The van der Waals surface area contributed by atoms with E-state index in [0.717, 1.165) is 16.8 Å². The topological polar surface area (TPSA) is 32.3 Å². The highest BCUT2D eigenvalue weighted by Crippen LogP contribution is 2.27. The van der Waals surface area contributed by atoms with Crippen LogP contribution in [0.2, 0.25) is 0 Å². The summed E-state index contributed by atoms with van der Waals surface area (Å²) in [5.41, 5.74) is 1.40. The average molecular weight is 346 g/mol. The quantitative estimate of drug-likeness (QED) is 0.762. The molecule has 1 rings (SSSR count). The van der Waals surface area contributed by atoms with Crippen molar-refractivity contribution in [3.05, 3.63) is 28.2 Å². The number of hydrogen-bond donors (Lipinski definition) is 2. The zero-order valence-corrected chi connectivity index (χ0v) is 14.6. The molecule has 1 atom stereocenters. The zero-order valence-electron chi connectivity index (χ0n) is 12.2. The van der Waals surface area contributed by atoms with Gasteiger partial charge in [0.25, 0.3) is 0 Å². The first-order chi connectivity index (χ1) is 8.81. The van der Waals surface area contributed by atoms with E-state index in [9.17, 15) is 0 Å². The maximum absolute atomic E-state index is 9.03. The lowest BCUT2D eigenvalue weighted by molar-refractivity contribution is 0.250. The van der Waals surface area contributed by atoms with E-state index in [1.807, 2.05) is 0 Å². The second-order valence-electron chi connectivity index (χ2n) is 5.96. The molecule has 0 spiro atoms. The number of hydrogen-bond acceptors (Lipinski definition) is 3. The van der Waals surface area contributed by atoms with Crippen molar-refractivity contribution in [1.29, 1.82) is 0 Å². The molecule has 0 radical (unpaired) electrons. The first-order valence-electron chi connectivity index (χ1n) is 6.59. The molecule has 0 aliphatic rings. The first-order valence-corrected chi connectivity index (χ1v) is 8.37. The summed E-state index contributed by atoms with van der Waals surface area (Å²) in [6.45, 7) is 9.68. The van der Waals surface area contributed by atoms with E-state index in [0.29, 0.717) is 5.92 Å². The Kier molecular flexibility index (Phi) is 6.87. The van der Waals surface area contributed by atoms with Crippen molar-refractivity contribution >= 4 is 27.7 Å². The van der Waals surface area contributed by atoms with Crippen LogP contribution in [0, 0.1) is 5.92 Å². The van der Waals surface area contributed by atoms with Gasteiger partial charge in [0.2, 0.25) is 0 Å². The summed E-state index contributed by atoms with van der Waals surface area (Å²) >= 11 is 5.43. The molecular weight excluding hydrogens is 322 g/mol. The standard InChI is InChI=1S/C15H24BrNOS/c1-11(9-18)10-19-13-6-5-12(14(16)7-13)8-17-15(2,3)4/h5-7,11,17-18H,8-10H2,1-4H3. The number of rotatable bonds is 6. The molecule has 0 heterocycles. The van der Waals surface area contributed by atoms with Crippen LogP contribution in [0.15, 0.2) is 27.6 Å². The molecule has 0 bridgehead atoms. The summed E-state index contributed by atoms with van der Waals surface area (Å²) in [5, 5.41) is 12.5. The third kappa shape index (κ3) is 6.80. The van der Waals surface area contributed by atoms with E-state index in [4.69, 9.17) is 5.11 Å².